The molecule has 0 aromatic heterocycles. The Labute approximate surface area is 96.0 Å². The molecular weight excluding hydrogens is 196 g/mol. The molecule has 0 saturated heterocycles. The second-order valence-corrected chi connectivity index (χ2v) is 3.59. The Kier molecular flexibility index (Phi) is 3.06. The molecule has 0 saturated carbocycles. The maximum absolute atomic E-state index is 5.80. The van der Waals surface area contributed by atoms with Gasteiger partial charge in [0.15, 0.2) is 0 Å². The highest BCUT2D eigenvalue weighted by Crippen LogP contribution is 2.27. The number of rotatable bonds is 3. The Hall–Kier alpha value is -2.02. The highest BCUT2D eigenvalue weighted by atomic mass is 16.5. The lowest BCUT2D eigenvalue weighted by Crippen LogP contribution is -1.89. The van der Waals surface area contributed by atoms with E-state index in [0.717, 1.165) is 22.6 Å². The molecule has 2 aromatic carbocycles. The molecule has 1 heteroatoms. The summed E-state index contributed by atoms with van der Waals surface area (Å²) in [6.07, 6.45) is 1.84. The standard InChI is InChI=1S/C15H14O/c1-3-13-8-7-11-15(12(13)2)16-14-9-5-4-6-10-14/h3-11H,1H2,2H3. The third-order valence-electron chi connectivity index (χ3n) is 2.52. The number of para-hydroxylation sites is 1. The maximum atomic E-state index is 5.80. The van der Waals surface area contributed by atoms with E-state index in [2.05, 4.69) is 6.58 Å². The minimum Gasteiger partial charge on any atom is -0.457 e. The van der Waals surface area contributed by atoms with Gasteiger partial charge in [-0.25, -0.2) is 0 Å². The van der Waals surface area contributed by atoms with E-state index in [1.807, 2.05) is 61.5 Å². The van der Waals surface area contributed by atoms with Crippen LogP contribution >= 0.6 is 0 Å². The van der Waals surface area contributed by atoms with Crippen LogP contribution in [0.15, 0.2) is 55.1 Å². The van der Waals surface area contributed by atoms with E-state index in [1.165, 1.54) is 0 Å². The van der Waals surface area contributed by atoms with Gasteiger partial charge in [0.05, 0.1) is 0 Å². The molecule has 0 fully saturated rings. The smallest absolute Gasteiger partial charge is 0.130 e. The van der Waals surface area contributed by atoms with Crippen molar-refractivity contribution in [2.75, 3.05) is 0 Å². The lowest BCUT2D eigenvalue weighted by Gasteiger charge is -2.10. The van der Waals surface area contributed by atoms with Crippen LogP contribution in [0.2, 0.25) is 0 Å². The molecule has 80 valence electrons. The van der Waals surface area contributed by atoms with Crippen molar-refractivity contribution in [1.82, 2.24) is 0 Å². The molecular formula is C15H14O. The number of benzene rings is 2. The molecule has 16 heavy (non-hydrogen) atoms. The second kappa shape index (κ2) is 4.67. The van der Waals surface area contributed by atoms with E-state index >= 15 is 0 Å². The van der Waals surface area contributed by atoms with Crippen molar-refractivity contribution in [3.8, 4) is 11.5 Å². The highest BCUT2D eigenvalue weighted by molar-refractivity contribution is 5.56. The fourth-order valence-electron chi connectivity index (χ4n) is 1.58. The minimum atomic E-state index is 0.854. The Morgan fingerprint density at radius 2 is 1.75 bits per heavy atom. The number of hydrogen-bond acceptors (Lipinski definition) is 1. The molecule has 2 rings (SSSR count). The Morgan fingerprint density at radius 1 is 1.00 bits per heavy atom. The van der Waals surface area contributed by atoms with Crippen LogP contribution in [0.5, 0.6) is 11.5 Å². The van der Waals surface area contributed by atoms with Crippen LogP contribution in [-0.4, -0.2) is 0 Å². The van der Waals surface area contributed by atoms with Crippen molar-refractivity contribution in [3.05, 3.63) is 66.2 Å². The van der Waals surface area contributed by atoms with Crippen molar-refractivity contribution in [2.24, 2.45) is 0 Å². The lowest BCUT2D eigenvalue weighted by molar-refractivity contribution is 0.479. The normalized spacial score (nSPS) is 9.81. The van der Waals surface area contributed by atoms with E-state index in [9.17, 15) is 0 Å². The maximum Gasteiger partial charge on any atom is 0.130 e. The Balaban J connectivity index is 2.32. The summed E-state index contributed by atoms with van der Waals surface area (Å²) < 4.78 is 5.80. The third kappa shape index (κ3) is 2.14. The highest BCUT2D eigenvalue weighted by Gasteiger charge is 2.03. The molecule has 0 amide bonds. The molecule has 0 N–H and O–H groups in total. The zero-order chi connectivity index (χ0) is 11.4. The van der Waals surface area contributed by atoms with Gasteiger partial charge in [-0.3, -0.25) is 0 Å². The minimum absolute atomic E-state index is 0.854. The second-order valence-electron chi connectivity index (χ2n) is 3.59. The topological polar surface area (TPSA) is 9.23 Å². The van der Waals surface area contributed by atoms with Crippen LogP contribution in [0.4, 0.5) is 0 Å². The van der Waals surface area contributed by atoms with E-state index in [0.29, 0.717) is 0 Å². The largest absolute Gasteiger partial charge is 0.457 e. The van der Waals surface area contributed by atoms with Gasteiger partial charge in [-0.05, 0) is 36.2 Å². The summed E-state index contributed by atoms with van der Waals surface area (Å²) in [4.78, 5) is 0. The van der Waals surface area contributed by atoms with E-state index in [4.69, 9.17) is 4.74 Å². The van der Waals surface area contributed by atoms with Crippen molar-refractivity contribution in [1.29, 1.82) is 0 Å². The summed E-state index contributed by atoms with van der Waals surface area (Å²) in [7, 11) is 0. The van der Waals surface area contributed by atoms with Gasteiger partial charge in [-0.15, -0.1) is 0 Å². The van der Waals surface area contributed by atoms with Gasteiger partial charge in [0.25, 0.3) is 0 Å². The van der Waals surface area contributed by atoms with Gasteiger partial charge < -0.3 is 4.74 Å². The average molecular weight is 210 g/mol. The molecule has 0 heterocycles. The fraction of sp³-hybridized carbons (Fsp3) is 0.0667. The summed E-state index contributed by atoms with van der Waals surface area (Å²) in [6.45, 7) is 5.82. The monoisotopic (exact) mass is 210 g/mol. The summed E-state index contributed by atoms with van der Waals surface area (Å²) >= 11 is 0. The molecule has 0 unspecified atom stereocenters. The molecule has 1 nitrogen and oxygen atoms in total. The third-order valence-corrected chi connectivity index (χ3v) is 2.52. The first kappa shape index (κ1) is 10.5. The summed E-state index contributed by atoms with van der Waals surface area (Å²) in [5.41, 5.74) is 2.22. The van der Waals surface area contributed by atoms with Gasteiger partial charge in [-0.1, -0.05) is 43.0 Å². The zero-order valence-electron chi connectivity index (χ0n) is 9.31. The lowest BCUT2D eigenvalue weighted by atomic mass is 10.1. The first-order valence-electron chi connectivity index (χ1n) is 5.26. The summed E-state index contributed by atoms with van der Waals surface area (Å²) in [5, 5.41) is 0. The van der Waals surface area contributed by atoms with Gasteiger partial charge in [0.2, 0.25) is 0 Å². The molecule has 2 aromatic rings. The van der Waals surface area contributed by atoms with Crippen LogP contribution in [-0.2, 0) is 0 Å². The molecule has 0 aliphatic heterocycles. The quantitative estimate of drug-likeness (QED) is 0.728. The predicted octanol–water partition coefficient (Wildman–Crippen LogP) is 4.43. The molecule has 0 radical (unpaired) electrons. The van der Waals surface area contributed by atoms with Gasteiger partial charge >= 0.3 is 0 Å². The van der Waals surface area contributed by atoms with Crippen LogP contribution in [0, 0.1) is 6.92 Å². The van der Waals surface area contributed by atoms with Crippen molar-refractivity contribution < 1.29 is 4.74 Å². The number of hydrogen-bond donors (Lipinski definition) is 0. The first-order chi connectivity index (χ1) is 7.81. The molecule has 0 aliphatic rings. The van der Waals surface area contributed by atoms with E-state index < -0.39 is 0 Å². The Bertz CT molecular complexity index is 486. The summed E-state index contributed by atoms with van der Waals surface area (Å²) in [5.74, 6) is 1.73. The van der Waals surface area contributed by atoms with Gasteiger partial charge in [0, 0.05) is 0 Å². The zero-order valence-corrected chi connectivity index (χ0v) is 9.31. The van der Waals surface area contributed by atoms with E-state index in [1.54, 1.807) is 0 Å². The van der Waals surface area contributed by atoms with E-state index in [-0.39, 0.29) is 0 Å². The van der Waals surface area contributed by atoms with Crippen LogP contribution in [0.25, 0.3) is 6.08 Å². The fourth-order valence-corrected chi connectivity index (χ4v) is 1.58. The van der Waals surface area contributed by atoms with Gasteiger partial charge in [0.1, 0.15) is 11.5 Å². The molecule has 0 spiro atoms. The van der Waals surface area contributed by atoms with Crippen LogP contribution in [0.1, 0.15) is 11.1 Å². The molecule has 0 atom stereocenters. The molecule has 0 bridgehead atoms. The van der Waals surface area contributed by atoms with Crippen molar-refractivity contribution >= 4 is 6.08 Å². The van der Waals surface area contributed by atoms with Crippen LogP contribution in [0.3, 0.4) is 0 Å². The molecule has 0 aliphatic carbocycles. The van der Waals surface area contributed by atoms with Crippen molar-refractivity contribution in [2.45, 2.75) is 6.92 Å². The van der Waals surface area contributed by atoms with Crippen LogP contribution < -0.4 is 4.74 Å². The average Bonchev–Trinajstić information content (AvgIpc) is 2.33. The number of ether oxygens (including phenoxy) is 1. The SMILES string of the molecule is C=Cc1cccc(Oc2ccccc2)c1C. The summed E-state index contributed by atoms with van der Waals surface area (Å²) in [6, 6.07) is 15.8. The Morgan fingerprint density at radius 3 is 2.44 bits per heavy atom. The predicted molar refractivity (Wildman–Crippen MR) is 67.8 cm³/mol. The van der Waals surface area contributed by atoms with Gasteiger partial charge in [-0.2, -0.15) is 0 Å². The van der Waals surface area contributed by atoms with Crippen molar-refractivity contribution in [3.63, 3.8) is 0 Å². The first-order valence-corrected chi connectivity index (χ1v) is 5.26.